The highest BCUT2D eigenvalue weighted by molar-refractivity contribution is 5.75. The van der Waals surface area contributed by atoms with E-state index >= 15 is 0 Å². The van der Waals surface area contributed by atoms with Gasteiger partial charge in [-0.1, -0.05) is 13.8 Å². The second-order valence-corrected chi connectivity index (χ2v) is 4.04. The van der Waals surface area contributed by atoms with Crippen LogP contribution >= 0.6 is 0 Å². The minimum Gasteiger partial charge on any atom is -0.405 e. The highest BCUT2D eigenvalue weighted by Crippen LogP contribution is 2.09. The summed E-state index contributed by atoms with van der Waals surface area (Å²) < 4.78 is 6.00. The fraction of sp³-hybridized carbons (Fsp3) is 0.417. The molecule has 2 rings (SSSR count). The molecule has 2 heterocycles. The summed E-state index contributed by atoms with van der Waals surface area (Å²) in [6.07, 6.45) is 1.20. The number of aromatic nitrogens is 2. The largest absolute Gasteiger partial charge is 0.405 e. The number of aryl methyl sites for hydroxylation is 1. The molecule has 0 aromatic carbocycles. The molecule has 2 aromatic rings. The van der Waals surface area contributed by atoms with Crippen molar-refractivity contribution in [1.29, 1.82) is 0 Å². The van der Waals surface area contributed by atoms with Crippen LogP contribution in [-0.2, 0) is 13.0 Å². The van der Waals surface area contributed by atoms with Gasteiger partial charge in [0.25, 0.3) is 5.56 Å². The maximum atomic E-state index is 12.2. The van der Waals surface area contributed by atoms with Crippen LogP contribution in [-0.4, -0.2) is 9.55 Å². The second-order valence-electron chi connectivity index (χ2n) is 4.04. The van der Waals surface area contributed by atoms with Crippen molar-refractivity contribution in [2.75, 3.05) is 0 Å². The molecule has 0 saturated heterocycles. The lowest BCUT2D eigenvalue weighted by molar-refractivity contribution is 0.534. The summed E-state index contributed by atoms with van der Waals surface area (Å²) in [4.78, 5) is 37.7. The van der Waals surface area contributed by atoms with Crippen molar-refractivity contribution in [3.05, 3.63) is 42.9 Å². The molecular formula is C12H14N2O4. The summed E-state index contributed by atoms with van der Waals surface area (Å²) in [6.45, 7) is 4.05. The van der Waals surface area contributed by atoms with Gasteiger partial charge in [-0.2, -0.15) is 0 Å². The predicted molar refractivity (Wildman–Crippen MR) is 67.0 cm³/mol. The Labute approximate surface area is 102 Å². The summed E-state index contributed by atoms with van der Waals surface area (Å²) >= 11 is 0. The molecule has 0 saturated carbocycles. The van der Waals surface area contributed by atoms with Crippen molar-refractivity contribution in [2.45, 2.75) is 33.2 Å². The zero-order valence-corrected chi connectivity index (χ0v) is 10.3. The van der Waals surface area contributed by atoms with Gasteiger partial charge in [0.2, 0.25) is 5.71 Å². The number of fused-ring (bicyclic) bond motifs is 1. The Kier molecular flexibility index (Phi) is 3.18. The fourth-order valence-electron chi connectivity index (χ4n) is 1.96. The quantitative estimate of drug-likeness (QED) is 0.865. The molecule has 18 heavy (non-hydrogen) atoms. The van der Waals surface area contributed by atoms with E-state index in [2.05, 4.69) is 4.98 Å². The fourth-order valence-corrected chi connectivity index (χ4v) is 1.96. The molecule has 96 valence electrons. The van der Waals surface area contributed by atoms with Crippen molar-refractivity contribution < 1.29 is 4.42 Å². The molecule has 0 bridgehead atoms. The predicted octanol–water partition coefficient (Wildman–Crippen LogP) is 0.615. The third kappa shape index (κ3) is 1.90. The topological polar surface area (TPSA) is 85.1 Å². The van der Waals surface area contributed by atoms with Crippen LogP contribution in [0.15, 0.2) is 24.9 Å². The molecule has 0 amide bonds. The lowest BCUT2D eigenvalue weighted by atomic mass is 10.1. The Morgan fingerprint density at radius 2 is 2.00 bits per heavy atom. The maximum absolute atomic E-state index is 12.2. The molecule has 0 aliphatic rings. The van der Waals surface area contributed by atoms with Crippen LogP contribution in [0.5, 0.6) is 0 Å². The first-order valence-corrected chi connectivity index (χ1v) is 5.88. The van der Waals surface area contributed by atoms with Crippen LogP contribution in [0.3, 0.4) is 0 Å². The Morgan fingerprint density at radius 3 is 2.61 bits per heavy atom. The van der Waals surface area contributed by atoms with E-state index in [1.165, 1.54) is 6.07 Å². The summed E-state index contributed by atoms with van der Waals surface area (Å²) in [5.74, 6) is 0. The molecule has 0 radical (unpaired) electrons. The maximum Gasteiger partial charge on any atom is 0.337 e. The molecule has 1 N–H and O–H groups in total. The molecule has 0 spiro atoms. The van der Waals surface area contributed by atoms with Crippen LogP contribution < -0.4 is 16.9 Å². The SMILES string of the molecule is CCCn1c(=O)[nH]c2oc(=O)cc(CC)c2c1=O. The summed E-state index contributed by atoms with van der Waals surface area (Å²) in [6, 6.07) is 1.29. The van der Waals surface area contributed by atoms with Crippen molar-refractivity contribution in [3.63, 3.8) is 0 Å². The number of rotatable bonds is 3. The number of hydrogen-bond acceptors (Lipinski definition) is 4. The molecule has 0 aliphatic carbocycles. The Morgan fingerprint density at radius 1 is 1.28 bits per heavy atom. The summed E-state index contributed by atoms with van der Waals surface area (Å²) in [7, 11) is 0. The minimum absolute atomic E-state index is 0.0401. The number of aromatic amines is 1. The molecular weight excluding hydrogens is 236 g/mol. The highest BCUT2D eigenvalue weighted by atomic mass is 16.4. The Hall–Kier alpha value is -2.11. The van der Waals surface area contributed by atoms with Crippen molar-refractivity contribution in [3.8, 4) is 0 Å². The van der Waals surface area contributed by atoms with E-state index in [1.54, 1.807) is 0 Å². The smallest absolute Gasteiger partial charge is 0.337 e. The van der Waals surface area contributed by atoms with Gasteiger partial charge in [-0.25, -0.2) is 9.59 Å². The van der Waals surface area contributed by atoms with Gasteiger partial charge in [-0.3, -0.25) is 14.3 Å². The number of hydrogen-bond donors (Lipinski definition) is 1. The monoisotopic (exact) mass is 250 g/mol. The van der Waals surface area contributed by atoms with E-state index in [4.69, 9.17) is 4.42 Å². The van der Waals surface area contributed by atoms with E-state index < -0.39 is 16.9 Å². The van der Waals surface area contributed by atoms with Crippen molar-refractivity contribution in [2.24, 2.45) is 0 Å². The molecule has 0 aliphatic heterocycles. The van der Waals surface area contributed by atoms with E-state index in [1.807, 2.05) is 13.8 Å². The van der Waals surface area contributed by atoms with E-state index in [-0.39, 0.29) is 11.1 Å². The lowest BCUT2D eigenvalue weighted by Gasteiger charge is -2.06. The van der Waals surface area contributed by atoms with Gasteiger partial charge in [-0.15, -0.1) is 0 Å². The zero-order chi connectivity index (χ0) is 13.3. The number of nitrogens with one attached hydrogen (secondary N) is 1. The molecule has 6 heteroatoms. The molecule has 0 unspecified atom stereocenters. The lowest BCUT2D eigenvalue weighted by Crippen LogP contribution is -2.35. The molecule has 2 aromatic heterocycles. The van der Waals surface area contributed by atoms with Crippen LogP contribution in [0.4, 0.5) is 0 Å². The third-order valence-electron chi connectivity index (χ3n) is 2.80. The molecule has 6 nitrogen and oxygen atoms in total. The summed E-state index contributed by atoms with van der Waals surface area (Å²) in [5, 5.41) is 0.283. The average molecular weight is 250 g/mol. The van der Waals surface area contributed by atoms with Gasteiger partial charge in [0.1, 0.15) is 5.39 Å². The van der Waals surface area contributed by atoms with Crippen molar-refractivity contribution in [1.82, 2.24) is 9.55 Å². The van der Waals surface area contributed by atoms with Gasteiger partial charge in [0.05, 0.1) is 0 Å². The first-order chi connectivity index (χ1) is 8.58. The number of nitrogens with zero attached hydrogens (tertiary/aromatic N) is 1. The van der Waals surface area contributed by atoms with Crippen LogP contribution in [0.25, 0.3) is 11.1 Å². The standard InChI is InChI=1S/C12H14N2O4/c1-3-5-14-11(16)9-7(4-2)6-8(15)18-10(9)13-12(14)17/h6H,3-5H2,1-2H3,(H,13,17). The van der Waals surface area contributed by atoms with Crippen LogP contribution in [0.2, 0.25) is 0 Å². The number of H-pyrrole nitrogens is 1. The average Bonchev–Trinajstić information content (AvgIpc) is 2.32. The van der Waals surface area contributed by atoms with Gasteiger partial charge < -0.3 is 4.42 Å². The van der Waals surface area contributed by atoms with E-state index in [0.717, 1.165) is 4.57 Å². The molecule has 0 atom stereocenters. The summed E-state index contributed by atoms with van der Waals surface area (Å²) in [5.41, 5.74) is -0.973. The van der Waals surface area contributed by atoms with Gasteiger partial charge in [-0.05, 0) is 18.4 Å². The first kappa shape index (κ1) is 12.3. The highest BCUT2D eigenvalue weighted by Gasteiger charge is 2.13. The molecule has 0 fully saturated rings. The van der Waals surface area contributed by atoms with Crippen molar-refractivity contribution >= 4 is 11.1 Å². The Balaban J connectivity index is 2.97. The van der Waals surface area contributed by atoms with Gasteiger partial charge in [0.15, 0.2) is 0 Å². The van der Waals surface area contributed by atoms with Crippen LogP contribution in [0, 0.1) is 0 Å². The normalized spacial score (nSPS) is 11.0. The van der Waals surface area contributed by atoms with Gasteiger partial charge in [0, 0.05) is 12.6 Å². The van der Waals surface area contributed by atoms with Gasteiger partial charge >= 0.3 is 11.3 Å². The zero-order valence-electron chi connectivity index (χ0n) is 10.3. The second kappa shape index (κ2) is 4.64. The third-order valence-corrected chi connectivity index (χ3v) is 2.80. The van der Waals surface area contributed by atoms with E-state index in [0.29, 0.717) is 24.9 Å². The van der Waals surface area contributed by atoms with Crippen LogP contribution in [0.1, 0.15) is 25.8 Å². The Bertz CT molecular complexity index is 751. The minimum atomic E-state index is -0.567. The first-order valence-electron chi connectivity index (χ1n) is 5.88. The van der Waals surface area contributed by atoms with E-state index in [9.17, 15) is 14.4 Å².